The van der Waals surface area contributed by atoms with Gasteiger partial charge in [0.15, 0.2) is 5.82 Å². The Morgan fingerprint density at radius 2 is 2.00 bits per heavy atom. The number of hydrazine groups is 1. The molecule has 7 N–H and O–H groups in total. The SMILES string of the molecule is NNc1nc(N)cc(Cc2cnn(-c3cncc(F)c3)c2)c1N. The lowest BCUT2D eigenvalue weighted by Gasteiger charge is -2.10. The van der Waals surface area contributed by atoms with Crippen LogP contribution in [-0.2, 0) is 6.42 Å². The molecule has 0 fully saturated rings. The molecule has 0 aliphatic heterocycles. The van der Waals surface area contributed by atoms with Crippen LogP contribution in [0.3, 0.4) is 0 Å². The van der Waals surface area contributed by atoms with E-state index in [2.05, 4.69) is 20.5 Å². The van der Waals surface area contributed by atoms with Crippen LogP contribution in [-0.4, -0.2) is 19.7 Å². The Morgan fingerprint density at radius 3 is 2.74 bits per heavy atom. The van der Waals surface area contributed by atoms with Gasteiger partial charge in [-0.3, -0.25) is 4.98 Å². The lowest BCUT2D eigenvalue weighted by atomic mass is 10.1. The van der Waals surface area contributed by atoms with Crippen molar-refractivity contribution in [2.45, 2.75) is 6.42 Å². The van der Waals surface area contributed by atoms with E-state index in [1.54, 1.807) is 18.5 Å². The minimum absolute atomic E-state index is 0.309. The van der Waals surface area contributed by atoms with Crippen molar-refractivity contribution in [3.63, 3.8) is 0 Å². The molecule has 0 aliphatic rings. The Kier molecular flexibility index (Phi) is 3.77. The highest BCUT2D eigenvalue weighted by atomic mass is 19.1. The predicted octanol–water partition coefficient (Wildman–Crippen LogP) is 0.842. The molecule has 8 nitrogen and oxygen atoms in total. The Bertz CT molecular complexity index is 845. The first kappa shape index (κ1) is 14.7. The van der Waals surface area contributed by atoms with E-state index in [0.29, 0.717) is 29.4 Å². The third-order valence-corrected chi connectivity index (χ3v) is 3.29. The number of rotatable bonds is 4. The highest BCUT2D eigenvalue weighted by Gasteiger charge is 2.10. The fraction of sp³-hybridized carbons (Fsp3) is 0.0714. The second kappa shape index (κ2) is 5.89. The quantitative estimate of drug-likeness (QED) is 0.414. The minimum Gasteiger partial charge on any atom is -0.395 e. The number of aromatic nitrogens is 4. The summed E-state index contributed by atoms with van der Waals surface area (Å²) in [5.41, 5.74) is 16.7. The van der Waals surface area contributed by atoms with Crippen molar-refractivity contribution in [2.24, 2.45) is 5.84 Å². The molecule has 0 radical (unpaired) electrons. The number of nitrogens with two attached hydrogens (primary N) is 3. The number of hydrogen-bond donors (Lipinski definition) is 4. The van der Waals surface area contributed by atoms with E-state index >= 15 is 0 Å². The minimum atomic E-state index is -0.427. The summed E-state index contributed by atoms with van der Waals surface area (Å²) in [6, 6.07) is 3.02. The average Bonchev–Trinajstić information content (AvgIpc) is 2.99. The van der Waals surface area contributed by atoms with E-state index in [4.69, 9.17) is 17.3 Å². The van der Waals surface area contributed by atoms with Crippen molar-refractivity contribution >= 4 is 17.3 Å². The number of halogens is 1. The van der Waals surface area contributed by atoms with Crippen LogP contribution in [0.4, 0.5) is 21.7 Å². The average molecular weight is 314 g/mol. The van der Waals surface area contributed by atoms with Crippen molar-refractivity contribution in [3.05, 3.63) is 53.9 Å². The molecule has 0 aliphatic carbocycles. The van der Waals surface area contributed by atoms with E-state index in [-0.39, 0.29) is 0 Å². The second-order valence-corrected chi connectivity index (χ2v) is 4.94. The van der Waals surface area contributed by atoms with Gasteiger partial charge in [-0.2, -0.15) is 5.10 Å². The predicted molar refractivity (Wildman–Crippen MR) is 85.0 cm³/mol. The molecular weight excluding hydrogens is 299 g/mol. The third kappa shape index (κ3) is 3.04. The molecule has 3 rings (SSSR count). The van der Waals surface area contributed by atoms with Crippen LogP contribution in [0, 0.1) is 5.82 Å². The van der Waals surface area contributed by atoms with Crippen LogP contribution in [0.25, 0.3) is 5.69 Å². The summed E-state index contributed by atoms with van der Waals surface area (Å²) < 4.78 is 14.8. The molecule has 3 aromatic rings. The summed E-state index contributed by atoms with van der Waals surface area (Å²) in [5, 5.41) is 4.20. The fourth-order valence-corrected chi connectivity index (χ4v) is 2.22. The number of hydrogen-bond acceptors (Lipinski definition) is 7. The summed E-state index contributed by atoms with van der Waals surface area (Å²) in [7, 11) is 0. The van der Waals surface area contributed by atoms with Gasteiger partial charge in [-0.25, -0.2) is 19.9 Å². The van der Waals surface area contributed by atoms with E-state index in [1.165, 1.54) is 16.9 Å². The fourth-order valence-electron chi connectivity index (χ4n) is 2.22. The molecule has 0 spiro atoms. The van der Waals surface area contributed by atoms with E-state index in [0.717, 1.165) is 17.3 Å². The van der Waals surface area contributed by atoms with Crippen LogP contribution < -0.4 is 22.7 Å². The van der Waals surface area contributed by atoms with Crippen LogP contribution >= 0.6 is 0 Å². The molecule has 0 saturated carbocycles. The van der Waals surface area contributed by atoms with Crippen molar-refractivity contribution in [2.75, 3.05) is 16.9 Å². The van der Waals surface area contributed by atoms with Gasteiger partial charge in [0.25, 0.3) is 0 Å². The summed E-state index contributed by atoms with van der Waals surface area (Å²) >= 11 is 0. The number of nitrogens with one attached hydrogen (secondary N) is 1. The molecular formula is C14H15FN8. The van der Waals surface area contributed by atoms with Gasteiger partial charge in [0.05, 0.1) is 30.0 Å². The topological polar surface area (TPSA) is 134 Å². The number of pyridine rings is 2. The summed E-state index contributed by atoms with van der Waals surface area (Å²) in [6.45, 7) is 0. The standard InChI is InChI=1S/C14H15FN8/c15-10-3-11(6-19-5-10)23-7-8(4-20-23)1-9-2-12(16)21-14(22-18)13(9)17/h2-7H,1,17-18H2,(H3,16,21,22). The van der Waals surface area contributed by atoms with Gasteiger partial charge in [0.2, 0.25) is 0 Å². The van der Waals surface area contributed by atoms with E-state index in [1.807, 2.05) is 0 Å². The number of nitrogens with zero attached hydrogens (tertiary/aromatic N) is 4. The zero-order valence-corrected chi connectivity index (χ0v) is 12.1. The van der Waals surface area contributed by atoms with Crippen LogP contribution in [0.1, 0.15) is 11.1 Å². The second-order valence-electron chi connectivity index (χ2n) is 4.94. The van der Waals surface area contributed by atoms with Crippen molar-refractivity contribution in [1.82, 2.24) is 19.7 Å². The molecule has 23 heavy (non-hydrogen) atoms. The maximum Gasteiger partial charge on any atom is 0.165 e. The van der Waals surface area contributed by atoms with Crippen LogP contribution in [0.5, 0.6) is 0 Å². The molecule has 118 valence electrons. The van der Waals surface area contributed by atoms with Crippen molar-refractivity contribution in [3.8, 4) is 5.69 Å². The Morgan fingerprint density at radius 1 is 1.17 bits per heavy atom. The summed E-state index contributed by atoms with van der Waals surface area (Å²) in [4.78, 5) is 7.80. The van der Waals surface area contributed by atoms with Crippen LogP contribution in [0.2, 0.25) is 0 Å². The molecule has 0 unspecified atom stereocenters. The van der Waals surface area contributed by atoms with Gasteiger partial charge >= 0.3 is 0 Å². The van der Waals surface area contributed by atoms with E-state index in [9.17, 15) is 4.39 Å². The smallest absolute Gasteiger partial charge is 0.165 e. The summed E-state index contributed by atoms with van der Waals surface area (Å²) in [6.07, 6.45) is 6.57. The Labute approximate surface area is 131 Å². The zero-order valence-electron chi connectivity index (χ0n) is 12.1. The number of nitrogen functional groups attached to an aromatic ring is 3. The van der Waals surface area contributed by atoms with E-state index < -0.39 is 5.82 Å². The molecule has 3 aromatic heterocycles. The largest absolute Gasteiger partial charge is 0.395 e. The zero-order chi connectivity index (χ0) is 16.4. The lowest BCUT2D eigenvalue weighted by molar-refractivity contribution is 0.618. The Balaban J connectivity index is 1.89. The molecule has 0 amide bonds. The first-order chi connectivity index (χ1) is 11.1. The monoisotopic (exact) mass is 314 g/mol. The molecule has 0 saturated heterocycles. The van der Waals surface area contributed by atoms with Gasteiger partial charge in [-0.05, 0) is 17.2 Å². The summed E-state index contributed by atoms with van der Waals surface area (Å²) in [5.74, 6) is 5.57. The first-order valence-electron chi connectivity index (χ1n) is 6.73. The Hall–Kier alpha value is -3.20. The highest BCUT2D eigenvalue weighted by Crippen LogP contribution is 2.25. The molecule has 0 aromatic carbocycles. The molecule has 0 bridgehead atoms. The lowest BCUT2D eigenvalue weighted by Crippen LogP contribution is -2.13. The third-order valence-electron chi connectivity index (χ3n) is 3.29. The van der Waals surface area contributed by atoms with Gasteiger partial charge in [0.1, 0.15) is 11.6 Å². The van der Waals surface area contributed by atoms with Gasteiger partial charge < -0.3 is 16.9 Å². The first-order valence-corrected chi connectivity index (χ1v) is 6.73. The van der Waals surface area contributed by atoms with Crippen molar-refractivity contribution in [1.29, 1.82) is 0 Å². The van der Waals surface area contributed by atoms with Gasteiger partial charge in [-0.15, -0.1) is 0 Å². The molecule has 0 atom stereocenters. The maximum atomic E-state index is 13.2. The maximum absolute atomic E-state index is 13.2. The van der Waals surface area contributed by atoms with Crippen LogP contribution in [0.15, 0.2) is 36.9 Å². The van der Waals surface area contributed by atoms with Crippen molar-refractivity contribution < 1.29 is 4.39 Å². The highest BCUT2D eigenvalue weighted by molar-refractivity contribution is 5.68. The van der Waals surface area contributed by atoms with Gasteiger partial charge in [0, 0.05) is 18.7 Å². The normalized spacial score (nSPS) is 10.7. The molecule has 9 heteroatoms. The molecule has 3 heterocycles. The van der Waals surface area contributed by atoms with Gasteiger partial charge in [-0.1, -0.05) is 0 Å². The number of anilines is 3.